The molecule has 0 aliphatic heterocycles. The van der Waals surface area contributed by atoms with E-state index in [0.717, 1.165) is 46.5 Å². The first-order chi connectivity index (χ1) is 13.6. The van der Waals surface area contributed by atoms with Crippen LogP contribution in [0.3, 0.4) is 0 Å². The van der Waals surface area contributed by atoms with Gasteiger partial charge in [0, 0.05) is 23.5 Å². The quantitative estimate of drug-likeness (QED) is 0.710. The molecule has 4 rings (SSSR count). The molecule has 2 aromatic heterocycles. The van der Waals surface area contributed by atoms with E-state index in [1.807, 2.05) is 56.6 Å². The van der Waals surface area contributed by atoms with E-state index in [9.17, 15) is 4.79 Å². The van der Waals surface area contributed by atoms with E-state index in [1.54, 1.807) is 0 Å². The molecule has 1 aliphatic carbocycles. The van der Waals surface area contributed by atoms with Gasteiger partial charge in [-0.05, 0) is 56.5 Å². The van der Waals surface area contributed by atoms with Gasteiger partial charge in [-0.15, -0.1) is 0 Å². The molecule has 144 valence electrons. The number of amides is 1. The maximum atomic E-state index is 12.6. The van der Waals surface area contributed by atoms with E-state index < -0.39 is 0 Å². The third-order valence-electron chi connectivity index (χ3n) is 5.49. The maximum Gasteiger partial charge on any atom is 0.251 e. The summed E-state index contributed by atoms with van der Waals surface area (Å²) in [6.45, 7) is 4.42. The maximum absolute atomic E-state index is 12.6. The molecule has 1 aliphatic rings. The summed E-state index contributed by atoms with van der Waals surface area (Å²) in [4.78, 5) is 16.7. The monoisotopic (exact) mass is 374 g/mol. The molecule has 1 aromatic carbocycles. The average molecular weight is 374 g/mol. The molecule has 0 spiro atoms. The normalized spacial score (nSPS) is 14.4. The second kappa shape index (κ2) is 7.97. The van der Waals surface area contributed by atoms with E-state index in [2.05, 4.69) is 21.0 Å². The Morgan fingerprint density at radius 2 is 1.86 bits per heavy atom. The van der Waals surface area contributed by atoms with E-state index >= 15 is 0 Å². The van der Waals surface area contributed by atoms with Crippen LogP contribution in [-0.2, 0) is 6.54 Å². The number of nitrogens with one attached hydrogen (secondary N) is 1. The molecule has 2 heterocycles. The predicted molar refractivity (Wildman–Crippen MR) is 110 cm³/mol. The first-order valence-corrected chi connectivity index (χ1v) is 9.96. The Balaban J connectivity index is 1.55. The highest BCUT2D eigenvalue weighted by Crippen LogP contribution is 2.33. The fourth-order valence-corrected chi connectivity index (χ4v) is 4.03. The Labute approximate surface area is 165 Å². The fourth-order valence-electron chi connectivity index (χ4n) is 4.03. The zero-order valence-electron chi connectivity index (χ0n) is 16.5. The minimum Gasteiger partial charge on any atom is -0.346 e. The molecule has 5 nitrogen and oxygen atoms in total. The molecule has 1 amide bonds. The molecule has 1 saturated carbocycles. The lowest BCUT2D eigenvalue weighted by atomic mass is 10.1. The molecule has 1 N–H and O–H groups in total. The largest absolute Gasteiger partial charge is 0.346 e. The smallest absolute Gasteiger partial charge is 0.251 e. The van der Waals surface area contributed by atoms with Gasteiger partial charge in [-0.2, -0.15) is 5.10 Å². The van der Waals surface area contributed by atoms with Crippen LogP contribution >= 0.6 is 0 Å². The van der Waals surface area contributed by atoms with Crippen molar-refractivity contribution < 1.29 is 4.79 Å². The summed E-state index contributed by atoms with van der Waals surface area (Å²) in [5.74, 6) is -0.0571. The number of aromatic nitrogens is 3. The third kappa shape index (κ3) is 3.84. The minimum atomic E-state index is -0.0571. The Kier molecular flexibility index (Phi) is 5.24. The van der Waals surface area contributed by atoms with Crippen molar-refractivity contribution >= 4 is 5.91 Å². The van der Waals surface area contributed by atoms with E-state index in [0.29, 0.717) is 12.6 Å². The standard InChI is InChI=1S/C23H26N4O/c1-16-7-8-21(17(2)13-16)23(28)25-15-19-14-22(18-9-11-24-12-10-18)27(26-19)20-5-3-4-6-20/h7-14,20H,3-6,15H2,1-2H3,(H,25,28). The Morgan fingerprint density at radius 1 is 1.11 bits per heavy atom. The van der Waals surface area contributed by atoms with E-state index in [4.69, 9.17) is 5.10 Å². The molecule has 5 heteroatoms. The van der Waals surface area contributed by atoms with Gasteiger partial charge in [-0.25, -0.2) is 0 Å². The lowest BCUT2D eigenvalue weighted by molar-refractivity contribution is 0.0949. The predicted octanol–water partition coefficient (Wildman–Crippen LogP) is 4.61. The summed E-state index contributed by atoms with van der Waals surface area (Å²) in [5.41, 5.74) is 5.97. The second-order valence-corrected chi connectivity index (χ2v) is 7.64. The van der Waals surface area contributed by atoms with Crippen LogP contribution in [0.5, 0.6) is 0 Å². The highest BCUT2D eigenvalue weighted by atomic mass is 16.1. The molecule has 0 bridgehead atoms. The second-order valence-electron chi connectivity index (χ2n) is 7.64. The van der Waals surface area contributed by atoms with Crippen LogP contribution in [0.1, 0.15) is 58.9 Å². The van der Waals surface area contributed by atoms with E-state index in [-0.39, 0.29) is 5.91 Å². The Morgan fingerprint density at radius 3 is 2.57 bits per heavy atom. The molecule has 0 saturated heterocycles. The molecule has 3 aromatic rings. The first-order valence-electron chi connectivity index (χ1n) is 9.96. The SMILES string of the molecule is Cc1ccc(C(=O)NCc2cc(-c3ccncc3)n(C3CCCC3)n2)c(C)c1. The fraction of sp³-hybridized carbons (Fsp3) is 0.348. The van der Waals surface area contributed by atoms with Crippen molar-refractivity contribution in [3.63, 3.8) is 0 Å². The summed E-state index contributed by atoms with van der Waals surface area (Å²) in [6.07, 6.45) is 8.44. The number of aryl methyl sites for hydroxylation is 2. The van der Waals surface area contributed by atoms with Crippen LogP contribution in [0.25, 0.3) is 11.3 Å². The van der Waals surface area contributed by atoms with Crippen LogP contribution in [-0.4, -0.2) is 20.7 Å². The van der Waals surface area contributed by atoms with Crippen LogP contribution < -0.4 is 5.32 Å². The summed E-state index contributed by atoms with van der Waals surface area (Å²) in [7, 11) is 0. The Bertz CT molecular complexity index is 972. The lowest BCUT2D eigenvalue weighted by Gasteiger charge is -2.14. The number of carbonyl (C=O) groups is 1. The van der Waals surface area contributed by atoms with Crippen LogP contribution in [0, 0.1) is 13.8 Å². The van der Waals surface area contributed by atoms with Gasteiger partial charge in [-0.1, -0.05) is 30.5 Å². The van der Waals surface area contributed by atoms with Crippen LogP contribution in [0.15, 0.2) is 48.8 Å². The average Bonchev–Trinajstić information content (AvgIpc) is 3.36. The van der Waals surface area contributed by atoms with Crippen molar-refractivity contribution in [2.24, 2.45) is 0 Å². The van der Waals surface area contributed by atoms with Gasteiger partial charge in [-0.3, -0.25) is 14.5 Å². The van der Waals surface area contributed by atoms with Crippen molar-refractivity contribution in [1.82, 2.24) is 20.1 Å². The van der Waals surface area contributed by atoms with Gasteiger partial charge in [0.05, 0.1) is 24.0 Å². The number of hydrogen-bond acceptors (Lipinski definition) is 3. The van der Waals surface area contributed by atoms with Crippen LogP contribution in [0.4, 0.5) is 0 Å². The van der Waals surface area contributed by atoms with Crippen molar-refractivity contribution in [3.8, 4) is 11.3 Å². The third-order valence-corrected chi connectivity index (χ3v) is 5.49. The molecule has 28 heavy (non-hydrogen) atoms. The summed E-state index contributed by atoms with van der Waals surface area (Å²) < 4.78 is 2.15. The van der Waals surface area contributed by atoms with Gasteiger partial charge in [0.25, 0.3) is 5.91 Å². The number of benzene rings is 1. The van der Waals surface area contributed by atoms with Crippen molar-refractivity contribution in [2.75, 3.05) is 0 Å². The molecule has 0 radical (unpaired) electrons. The van der Waals surface area contributed by atoms with Gasteiger partial charge in [0.1, 0.15) is 0 Å². The van der Waals surface area contributed by atoms with Gasteiger partial charge < -0.3 is 5.32 Å². The highest BCUT2D eigenvalue weighted by molar-refractivity contribution is 5.95. The Hall–Kier alpha value is -2.95. The summed E-state index contributed by atoms with van der Waals surface area (Å²) in [5, 5.41) is 7.88. The van der Waals surface area contributed by atoms with Gasteiger partial charge in [0.2, 0.25) is 0 Å². The summed E-state index contributed by atoms with van der Waals surface area (Å²) in [6, 6.07) is 12.5. The number of hydrogen-bond donors (Lipinski definition) is 1. The van der Waals surface area contributed by atoms with Gasteiger partial charge >= 0.3 is 0 Å². The lowest BCUT2D eigenvalue weighted by Crippen LogP contribution is -2.24. The number of pyridine rings is 1. The minimum absolute atomic E-state index is 0.0571. The molecular weight excluding hydrogens is 348 g/mol. The molecule has 1 fully saturated rings. The van der Waals surface area contributed by atoms with Crippen molar-refractivity contribution in [3.05, 3.63) is 71.2 Å². The number of rotatable bonds is 5. The van der Waals surface area contributed by atoms with Crippen molar-refractivity contribution in [1.29, 1.82) is 0 Å². The molecular formula is C23H26N4O. The number of carbonyl (C=O) groups excluding carboxylic acids is 1. The zero-order valence-corrected chi connectivity index (χ0v) is 16.5. The zero-order chi connectivity index (χ0) is 19.5. The molecule has 0 unspecified atom stereocenters. The summed E-state index contributed by atoms with van der Waals surface area (Å²) >= 11 is 0. The van der Waals surface area contributed by atoms with Crippen LogP contribution in [0.2, 0.25) is 0 Å². The first kappa shape index (κ1) is 18.4. The number of nitrogens with zero attached hydrogens (tertiary/aromatic N) is 3. The highest BCUT2D eigenvalue weighted by Gasteiger charge is 2.22. The van der Waals surface area contributed by atoms with Gasteiger partial charge in [0.15, 0.2) is 0 Å². The topological polar surface area (TPSA) is 59.8 Å². The molecule has 0 atom stereocenters. The van der Waals surface area contributed by atoms with Crippen molar-refractivity contribution in [2.45, 2.75) is 52.1 Å². The van der Waals surface area contributed by atoms with E-state index in [1.165, 1.54) is 12.8 Å².